The van der Waals surface area contributed by atoms with Crippen LogP contribution in [0.15, 0.2) is 17.2 Å². The smallest absolute Gasteiger partial charge is 0.312 e. The molecule has 0 saturated heterocycles. The van der Waals surface area contributed by atoms with Crippen LogP contribution in [0.5, 0.6) is 0 Å². The van der Waals surface area contributed by atoms with Crippen LogP contribution in [0.3, 0.4) is 0 Å². The standard InChI is InChI=1S/C9H3F5N2O/c10-3-4(11)6(13)8(7(14)5(3)12)16-2-1-15-9(16)17/h1-2H,(H,15,17). The van der Waals surface area contributed by atoms with Crippen LogP contribution in [0.1, 0.15) is 0 Å². The molecule has 0 aliphatic heterocycles. The highest BCUT2D eigenvalue weighted by molar-refractivity contribution is 5.37. The molecule has 0 bridgehead atoms. The van der Waals surface area contributed by atoms with Crippen LogP contribution in [0, 0.1) is 29.1 Å². The van der Waals surface area contributed by atoms with Crippen LogP contribution in [0.2, 0.25) is 0 Å². The average Bonchev–Trinajstić information content (AvgIpc) is 2.71. The molecule has 0 fully saturated rings. The molecule has 3 nitrogen and oxygen atoms in total. The first-order valence-corrected chi connectivity index (χ1v) is 4.23. The zero-order valence-electron chi connectivity index (χ0n) is 7.90. The summed E-state index contributed by atoms with van der Waals surface area (Å²) in [6.45, 7) is 0. The number of hydrogen-bond donors (Lipinski definition) is 1. The maximum absolute atomic E-state index is 13.3. The van der Waals surface area contributed by atoms with Crippen molar-refractivity contribution in [3.8, 4) is 5.69 Å². The van der Waals surface area contributed by atoms with Crippen molar-refractivity contribution < 1.29 is 22.0 Å². The Hall–Kier alpha value is -2.12. The maximum Gasteiger partial charge on any atom is 0.330 e. The summed E-state index contributed by atoms with van der Waals surface area (Å²) >= 11 is 0. The molecule has 2 rings (SSSR count). The van der Waals surface area contributed by atoms with Crippen molar-refractivity contribution in [2.24, 2.45) is 0 Å². The number of aromatic amines is 1. The number of imidazole rings is 1. The highest BCUT2D eigenvalue weighted by Crippen LogP contribution is 2.24. The van der Waals surface area contributed by atoms with E-state index >= 15 is 0 Å². The molecule has 0 spiro atoms. The first-order chi connectivity index (χ1) is 7.95. The van der Waals surface area contributed by atoms with E-state index in [-0.39, 0.29) is 4.57 Å². The van der Waals surface area contributed by atoms with E-state index in [0.29, 0.717) is 0 Å². The van der Waals surface area contributed by atoms with E-state index in [4.69, 9.17) is 0 Å². The molecule has 0 unspecified atom stereocenters. The fourth-order valence-corrected chi connectivity index (χ4v) is 1.30. The number of rotatable bonds is 1. The molecule has 1 aromatic heterocycles. The van der Waals surface area contributed by atoms with Gasteiger partial charge < -0.3 is 4.98 Å². The van der Waals surface area contributed by atoms with E-state index in [1.165, 1.54) is 0 Å². The van der Waals surface area contributed by atoms with E-state index < -0.39 is 40.5 Å². The monoisotopic (exact) mass is 250 g/mol. The molecule has 17 heavy (non-hydrogen) atoms. The zero-order chi connectivity index (χ0) is 12.7. The first kappa shape index (κ1) is 11.4. The van der Waals surface area contributed by atoms with Gasteiger partial charge in [0, 0.05) is 12.4 Å². The summed E-state index contributed by atoms with van der Waals surface area (Å²) in [6.07, 6.45) is 1.85. The fraction of sp³-hybridized carbons (Fsp3) is 0. The largest absolute Gasteiger partial charge is 0.330 e. The molecule has 0 aliphatic carbocycles. The van der Waals surface area contributed by atoms with Crippen LogP contribution in [-0.2, 0) is 0 Å². The number of nitrogens with one attached hydrogen (secondary N) is 1. The van der Waals surface area contributed by atoms with Crippen molar-refractivity contribution in [3.63, 3.8) is 0 Å². The number of nitrogens with zero attached hydrogens (tertiary/aromatic N) is 1. The number of aromatic nitrogens is 2. The Morgan fingerprint density at radius 3 is 1.76 bits per heavy atom. The maximum atomic E-state index is 13.3. The Labute approximate surface area is 90.1 Å². The second-order valence-electron chi connectivity index (χ2n) is 3.05. The minimum Gasteiger partial charge on any atom is -0.312 e. The van der Waals surface area contributed by atoms with Crippen molar-refractivity contribution >= 4 is 0 Å². The molecule has 1 N–H and O–H groups in total. The number of halogens is 5. The van der Waals surface area contributed by atoms with Crippen LogP contribution >= 0.6 is 0 Å². The predicted molar refractivity (Wildman–Crippen MR) is 46.2 cm³/mol. The third kappa shape index (κ3) is 1.52. The topological polar surface area (TPSA) is 37.8 Å². The lowest BCUT2D eigenvalue weighted by Crippen LogP contribution is -2.19. The van der Waals surface area contributed by atoms with Gasteiger partial charge in [0.05, 0.1) is 0 Å². The van der Waals surface area contributed by atoms with Crippen LogP contribution in [0.25, 0.3) is 5.69 Å². The SMILES string of the molecule is O=c1[nH]ccn1-c1c(F)c(F)c(F)c(F)c1F. The van der Waals surface area contributed by atoms with Gasteiger partial charge >= 0.3 is 5.69 Å². The highest BCUT2D eigenvalue weighted by Gasteiger charge is 2.27. The fourth-order valence-electron chi connectivity index (χ4n) is 1.30. The minimum atomic E-state index is -2.27. The second-order valence-corrected chi connectivity index (χ2v) is 3.05. The van der Waals surface area contributed by atoms with Crippen LogP contribution in [0.4, 0.5) is 22.0 Å². The van der Waals surface area contributed by atoms with Gasteiger partial charge in [0.25, 0.3) is 0 Å². The summed E-state index contributed by atoms with van der Waals surface area (Å²) in [5.74, 6) is -10.6. The lowest BCUT2D eigenvalue weighted by Gasteiger charge is -2.07. The van der Waals surface area contributed by atoms with Gasteiger partial charge in [-0.2, -0.15) is 0 Å². The van der Waals surface area contributed by atoms with Gasteiger partial charge in [0.2, 0.25) is 5.82 Å². The van der Waals surface area contributed by atoms with E-state index in [9.17, 15) is 26.7 Å². The number of H-pyrrole nitrogens is 1. The molecule has 0 atom stereocenters. The molecular weight excluding hydrogens is 247 g/mol. The molecule has 0 radical (unpaired) electrons. The molecule has 90 valence electrons. The number of hydrogen-bond acceptors (Lipinski definition) is 1. The Morgan fingerprint density at radius 2 is 1.35 bits per heavy atom. The third-order valence-corrected chi connectivity index (χ3v) is 2.08. The Bertz CT molecular complexity index is 616. The third-order valence-electron chi connectivity index (χ3n) is 2.08. The Kier molecular flexibility index (Phi) is 2.49. The normalized spacial score (nSPS) is 10.9. The molecule has 1 heterocycles. The molecule has 2 aromatic rings. The molecule has 8 heteroatoms. The zero-order valence-corrected chi connectivity index (χ0v) is 7.90. The Balaban J connectivity index is 2.89. The van der Waals surface area contributed by atoms with Gasteiger partial charge in [0.1, 0.15) is 5.69 Å². The minimum absolute atomic E-state index is 0.288. The van der Waals surface area contributed by atoms with Gasteiger partial charge in [-0.1, -0.05) is 0 Å². The van der Waals surface area contributed by atoms with E-state index in [1.54, 1.807) is 0 Å². The van der Waals surface area contributed by atoms with E-state index in [0.717, 1.165) is 12.4 Å². The van der Waals surface area contributed by atoms with Gasteiger partial charge in [-0.3, -0.25) is 4.57 Å². The van der Waals surface area contributed by atoms with Crippen molar-refractivity contribution in [1.82, 2.24) is 9.55 Å². The van der Waals surface area contributed by atoms with Gasteiger partial charge in [-0.25, -0.2) is 26.7 Å². The van der Waals surface area contributed by atoms with Gasteiger partial charge in [-0.05, 0) is 0 Å². The molecular formula is C9H3F5N2O. The molecule has 0 amide bonds. The summed E-state index contributed by atoms with van der Waals surface area (Å²) in [4.78, 5) is 13.1. The van der Waals surface area contributed by atoms with Gasteiger partial charge in [0.15, 0.2) is 23.3 Å². The molecule has 0 saturated carbocycles. The van der Waals surface area contributed by atoms with E-state index in [2.05, 4.69) is 0 Å². The summed E-state index contributed by atoms with van der Waals surface area (Å²) in [7, 11) is 0. The summed E-state index contributed by atoms with van der Waals surface area (Å²) < 4.78 is 65.2. The predicted octanol–water partition coefficient (Wildman–Crippen LogP) is 1.86. The van der Waals surface area contributed by atoms with Crippen molar-refractivity contribution in [2.45, 2.75) is 0 Å². The summed E-state index contributed by atoms with van der Waals surface area (Å²) in [5, 5.41) is 0. The summed E-state index contributed by atoms with van der Waals surface area (Å²) in [5.41, 5.74) is -2.33. The molecule has 1 aromatic carbocycles. The van der Waals surface area contributed by atoms with Crippen molar-refractivity contribution in [2.75, 3.05) is 0 Å². The Morgan fingerprint density at radius 1 is 0.882 bits per heavy atom. The lowest BCUT2D eigenvalue weighted by atomic mass is 10.2. The first-order valence-electron chi connectivity index (χ1n) is 4.23. The van der Waals surface area contributed by atoms with E-state index in [1.807, 2.05) is 4.98 Å². The lowest BCUT2D eigenvalue weighted by molar-refractivity contribution is 0.375. The van der Waals surface area contributed by atoms with Crippen molar-refractivity contribution in [3.05, 3.63) is 52.0 Å². The number of benzene rings is 1. The average molecular weight is 250 g/mol. The molecule has 0 aliphatic rings. The quantitative estimate of drug-likeness (QED) is 0.468. The highest BCUT2D eigenvalue weighted by atomic mass is 19.2. The van der Waals surface area contributed by atoms with Crippen LogP contribution in [-0.4, -0.2) is 9.55 Å². The summed E-state index contributed by atoms with van der Waals surface area (Å²) in [6, 6.07) is 0. The van der Waals surface area contributed by atoms with Gasteiger partial charge in [-0.15, -0.1) is 0 Å². The second kappa shape index (κ2) is 3.72. The van der Waals surface area contributed by atoms with Crippen molar-refractivity contribution in [1.29, 1.82) is 0 Å². The van der Waals surface area contributed by atoms with Crippen LogP contribution < -0.4 is 5.69 Å².